The molecule has 0 unspecified atom stereocenters. The average Bonchev–Trinajstić information content (AvgIpc) is 2.94. The van der Waals surface area contributed by atoms with Crippen LogP contribution in [-0.4, -0.2) is 27.6 Å². The van der Waals surface area contributed by atoms with Gasteiger partial charge in [-0.3, -0.25) is 10.1 Å². The van der Waals surface area contributed by atoms with Crippen molar-refractivity contribution >= 4 is 45.9 Å². The molecule has 1 N–H and O–H groups in total. The van der Waals surface area contributed by atoms with Crippen LogP contribution >= 0.6 is 34.9 Å². The number of nitrogens with one attached hydrogen (secondary N) is 1. The number of anilines is 1. The lowest BCUT2D eigenvalue weighted by Crippen LogP contribution is -2.13. The van der Waals surface area contributed by atoms with Crippen LogP contribution in [0.1, 0.15) is 19.4 Å². The van der Waals surface area contributed by atoms with Crippen LogP contribution in [0.4, 0.5) is 5.13 Å². The third-order valence-electron chi connectivity index (χ3n) is 2.54. The molecule has 0 fully saturated rings. The summed E-state index contributed by atoms with van der Waals surface area (Å²) in [7, 11) is 0. The predicted molar refractivity (Wildman–Crippen MR) is 96.7 cm³/mol. The Morgan fingerprint density at radius 3 is 2.77 bits per heavy atom. The second kappa shape index (κ2) is 9.17. The summed E-state index contributed by atoms with van der Waals surface area (Å²) in [5, 5.41) is 11.5. The summed E-state index contributed by atoms with van der Waals surface area (Å²) >= 11 is 4.71. The molecule has 2 rings (SSSR count). The third kappa shape index (κ3) is 6.37. The van der Waals surface area contributed by atoms with Crippen molar-refractivity contribution in [1.29, 1.82) is 0 Å². The van der Waals surface area contributed by atoms with Gasteiger partial charge in [-0.25, -0.2) is 0 Å². The largest absolute Gasteiger partial charge is 0.300 e. The Labute approximate surface area is 143 Å². The minimum atomic E-state index is -0.0301. The maximum atomic E-state index is 11.9. The fourth-order valence-corrected chi connectivity index (χ4v) is 4.08. The average molecular weight is 354 g/mol. The van der Waals surface area contributed by atoms with Crippen LogP contribution in [0.2, 0.25) is 0 Å². The van der Waals surface area contributed by atoms with E-state index in [1.807, 2.05) is 18.2 Å². The van der Waals surface area contributed by atoms with Crippen molar-refractivity contribution in [3.05, 3.63) is 35.9 Å². The van der Waals surface area contributed by atoms with Crippen molar-refractivity contribution in [2.75, 3.05) is 16.8 Å². The molecule has 1 aromatic carbocycles. The van der Waals surface area contributed by atoms with E-state index in [2.05, 4.69) is 41.5 Å². The molecule has 1 aromatic heterocycles. The molecule has 0 spiro atoms. The number of amides is 1. The van der Waals surface area contributed by atoms with Gasteiger partial charge in [-0.2, -0.15) is 0 Å². The van der Waals surface area contributed by atoms with Gasteiger partial charge in [0.15, 0.2) is 4.34 Å². The van der Waals surface area contributed by atoms with Crippen molar-refractivity contribution in [2.45, 2.75) is 23.9 Å². The van der Waals surface area contributed by atoms with E-state index in [0.717, 1.165) is 15.8 Å². The van der Waals surface area contributed by atoms with Crippen LogP contribution in [0.3, 0.4) is 0 Å². The molecular formula is C15H19N3OS3. The zero-order valence-corrected chi connectivity index (χ0v) is 15.1. The van der Waals surface area contributed by atoms with Crippen molar-refractivity contribution < 1.29 is 4.79 Å². The molecule has 0 aliphatic carbocycles. The molecule has 1 heterocycles. The topological polar surface area (TPSA) is 54.9 Å². The molecule has 0 saturated carbocycles. The summed E-state index contributed by atoms with van der Waals surface area (Å²) in [4.78, 5) is 11.9. The molecule has 4 nitrogen and oxygen atoms in total. The van der Waals surface area contributed by atoms with Gasteiger partial charge in [-0.15, -0.1) is 22.0 Å². The van der Waals surface area contributed by atoms with E-state index in [1.54, 1.807) is 23.5 Å². The second-order valence-corrected chi connectivity index (χ2v) is 8.33. The third-order valence-corrected chi connectivity index (χ3v) is 5.94. The highest BCUT2D eigenvalue weighted by atomic mass is 32.2. The molecule has 0 aliphatic rings. The summed E-state index contributed by atoms with van der Waals surface area (Å²) < 4.78 is 0.904. The van der Waals surface area contributed by atoms with E-state index in [9.17, 15) is 4.79 Å². The number of carbonyl (C=O) groups is 1. The smallest absolute Gasteiger partial charge is 0.236 e. The van der Waals surface area contributed by atoms with E-state index in [0.29, 0.717) is 16.8 Å². The van der Waals surface area contributed by atoms with E-state index < -0.39 is 0 Å². The van der Waals surface area contributed by atoms with Gasteiger partial charge in [-0.1, -0.05) is 67.3 Å². The molecule has 7 heteroatoms. The lowest BCUT2D eigenvalue weighted by atomic mass is 10.2. The fraction of sp³-hybridized carbons (Fsp3) is 0.400. The maximum Gasteiger partial charge on any atom is 0.236 e. The number of thioether (sulfide) groups is 2. The first kappa shape index (κ1) is 17.3. The van der Waals surface area contributed by atoms with Crippen LogP contribution in [0, 0.1) is 5.92 Å². The second-order valence-electron chi connectivity index (χ2n) is 5.10. The number of aromatic nitrogens is 2. The maximum absolute atomic E-state index is 11.9. The van der Waals surface area contributed by atoms with E-state index in [1.165, 1.54) is 16.9 Å². The number of hydrogen-bond acceptors (Lipinski definition) is 6. The van der Waals surface area contributed by atoms with Gasteiger partial charge in [-0.05, 0) is 11.5 Å². The van der Waals surface area contributed by atoms with Crippen LogP contribution in [0.5, 0.6) is 0 Å². The van der Waals surface area contributed by atoms with Gasteiger partial charge in [0.2, 0.25) is 11.0 Å². The monoisotopic (exact) mass is 353 g/mol. The van der Waals surface area contributed by atoms with Crippen molar-refractivity contribution in [2.24, 2.45) is 5.92 Å². The molecule has 2 aromatic rings. The normalized spacial score (nSPS) is 10.9. The lowest BCUT2D eigenvalue weighted by Gasteiger charge is -2.02. The molecule has 0 aliphatic heterocycles. The first-order valence-electron chi connectivity index (χ1n) is 7.01. The van der Waals surface area contributed by atoms with E-state index in [-0.39, 0.29) is 5.91 Å². The van der Waals surface area contributed by atoms with E-state index in [4.69, 9.17) is 0 Å². The number of rotatable bonds is 8. The van der Waals surface area contributed by atoms with Crippen LogP contribution in [0.25, 0.3) is 0 Å². The van der Waals surface area contributed by atoms with Crippen LogP contribution in [0.15, 0.2) is 34.7 Å². The van der Waals surface area contributed by atoms with Crippen molar-refractivity contribution in [3.63, 3.8) is 0 Å². The Kier molecular flexibility index (Phi) is 7.21. The molecule has 0 radical (unpaired) electrons. The standard InChI is InChI=1S/C15H19N3OS3/c1-11(2)8-21-15-18-17-14(22-15)16-13(19)10-20-9-12-6-4-3-5-7-12/h3-7,11H,8-10H2,1-2H3,(H,16,17,19). The highest BCUT2D eigenvalue weighted by Crippen LogP contribution is 2.27. The van der Waals surface area contributed by atoms with Gasteiger partial charge in [0.25, 0.3) is 0 Å². The first-order chi connectivity index (χ1) is 10.6. The minimum absolute atomic E-state index is 0.0301. The highest BCUT2D eigenvalue weighted by molar-refractivity contribution is 8.01. The summed E-state index contributed by atoms with van der Waals surface area (Å²) in [5.74, 6) is 2.84. The number of benzene rings is 1. The minimum Gasteiger partial charge on any atom is -0.300 e. The zero-order valence-electron chi connectivity index (χ0n) is 12.6. The van der Waals surface area contributed by atoms with Gasteiger partial charge < -0.3 is 0 Å². The highest BCUT2D eigenvalue weighted by Gasteiger charge is 2.09. The Morgan fingerprint density at radius 2 is 2.05 bits per heavy atom. The van der Waals surface area contributed by atoms with Crippen molar-refractivity contribution in [1.82, 2.24) is 10.2 Å². The molecule has 1 amide bonds. The summed E-state index contributed by atoms with van der Waals surface area (Å²) in [6.45, 7) is 4.33. The van der Waals surface area contributed by atoms with Gasteiger partial charge >= 0.3 is 0 Å². The van der Waals surface area contributed by atoms with Gasteiger partial charge in [0.05, 0.1) is 5.75 Å². The SMILES string of the molecule is CC(C)CSc1nnc(NC(=O)CSCc2ccccc2)s1. The number of carbonyl (C=O) groups excluding carboxylic acids is 1. The Morgan fingerprint density at radius 1 is 1.27 bits per heavy atom. The lowest BCUT2D eigenvalue weighted by molar-refractivity contribution is -0.113. The van der Waals surface area contributed by atoms with Crippen molar-refractivity contribution in [3.8, 4) is 0 Å². The Hall–Kier alpha value is -1.05. The van der Waals surface area contributed by atoms with Gasteiger partial charge in [0, 0.05) is 11.5 Å². The van der Waals surface area contributed by atoms with Gasteiger partial charge in [0.1, 0.15) is 0 Å². The summed E-state index contributed by atoms with van der Waals surface area (Å²) in [6.07, 6.45) is 0. The first-order valence-corrected chi connectivity index (χ1v) is 9.97. The zero-order chi connectivity index (χ0) is 15.8. The molecular weight excluding hydrogens is 334 g/mol. The Bertz CT molecular complexity index is 587. The molecule has 0 saturated heterocycles. The van der Waals surface area contributed by atoms with E-state index >= 15 is 0 Å². The molecule has 0 atom stereocenters. The number of nitrogens with zero attached hydrogens (tertiary/aromatic N) is 2. The Balaban J connectivity index is 1.70. The molecule has 118 valence electrons. The predicted octanol–water partition coefficient (Wildman–Crippen LogP) is 4.16. The number of hydrogen-bond donors (Lipinski definition) is 1. The fourth-order valence-electron chi connectivity index (χ4n) is 1.55. The molecule has 22 heavy (non-hydrogen) atoms. The summed E-state index contributed by atoms with van der Waals surface area (Å²) in [5.41, 5.74) is 1.23. The summed E-state index contributed by atoms with van der Waals surface area (Å²) in [6, 6.07) is 10.1. The van der Waals surface area contributed by atoms with Crippen LogP contribution in [-0.2, 0) is 10.5 Å². The van der Waals surface area contributed by atoms with Crippen LogP contribution < -0.4 is 5.32 Å². The molecule has 0 bridgehead atoms. The quantitative estimate of drug-likeness (QED) is 0.570.